The Labute approximate surface area is 229 Å². The second kappa shape index (κ2) is 10.9. The van der Waals surface area contributed by atoms with Gasteiger partial charge in [0.1, 0.15) is 42.2 Å². The van der Waals surface area contributed by atoms with Gasteiger partial charge in [-0.2, -0.15) is 0 Å². The lowest BCUT2D eigenvalue weighted by Crippen LogP contribution is -2.60. The molecule has 2 aliphatic carbocycles. The fourth-order valence-corrected chi connectivity index (χ4v) is 6.62. The molecule has 40 heavy (non-hydrogen) atoms. The Kier molecular flexibility index (Phi) is 8.02. The number of ether oxygens (including phenoxy) is 6. The Morgan fingerprint density at radius 3 is 2.50 bits per heavy atom. The number of hydrogen-bond donors (Lipinski definition) is 6. The molecule has 3 aliphatic heterocycles. The van der Waals surface area contributed by atoms with Crippen LogP contribution in [0, 0.1) is 23.7 Å². The number of esters is 2. The summed E-state index contributed by atoms with van der Waals surface area (Å²) in [5, 5.41) is 60.6. The van der Waals surface area contributed by atoms with Crippen molar-refractivity contribution in [3.8, 4) is 0 Å². The fraction of sp³-hybridized carbons (Fsp3) is 0.769. The first-order chi connectivity index (χ1) is 19.0. The van der Waals surface area contributed by atoms with Crippen molar-refractivity contribution in [2.45, 2.75) is 81.2 Å². The van der Waals surface area contributed by atoms with Gasteiger partial charge >= 0.3 is 11.9 Å². The third-order valence-corrected chi connectivity index (χ3v) is 8.98. The number of hydrogen-bond acceptors (Lipinski definition) is 14. The quantitative estimate of drug-likeness (QED) is 0.131. The van der Waals surface area contributed by atoms with Gasteiger partial charge in [0.2, 0.25) is 6.29 Å². The number of carbonyl (C=O) groups excluding carboxylic acids is 2. The third kappa shape index (κ3) is 4.64. The van der Waals surface area contributed by atoms with Crippen LogP contribution in [0.25, 0.3) is 0 Å². The van der Waals surface area contributed by atoms with Gasteiger partial charge in [0.15, 0.2) is 6.29 Å². The predicted octanol–water partition coefficient (Wildman–Crippen LogP) is -2.53. The molecule has 5 rings (SSSR count). The Hall–Kier alpha value is -2.14. The Bertz CT molecular complexity index is 1060. The van der Waals surface area contributed by atoms with Gasteiger partial charge in [-0.05, 0) is 31.9 Å². The van der Waals surface area contributed by atoms with Gasteiger partial charge in [0.25, 0.3) is 0 Å². The molecule has 0 spiro atoms. The number of aliphatic hydroxyl groups excluding tert-OH is 6. The van der Waals surface area contributed by atoms with E-state index in [1.165, 1.54) is 13.4 Å². The normalized spacial score (nSPS) is 46.3. The standard InChI is InChI=1S/C26H36O14/c1-9-13(29)6-11(15(9)23(34)35-3)12(7-27)22(33)38-20-10-4-5-36-24(16(10)26(2)21(20)40-26)39-25-19(32)18(31)17(30)14(8-28)37-25/h4-5,10-14,16-21,24-25,27-32H,6-8H2,1-3H3. The molecule has 0 aromatic rings. The molecule has 0 aromatic heterocycles. The van der Waals surface area contributed by atoms with Crippen LogP contribution < -0.4 is 0 Å². The van der Waals surface area contributed by atoms with Crippen LogP contribution in [0.5, 0.6) is 0 Å². The van der Waals surface area contributed by atoms with Crippen molar-refractivity contribution in [3.05, 3.63) is 23.5 Å². The third-order valence-electron chi connectivity index (χ3n) is 8.98. The Morgan fingerprint density at radius 1 is 1.12 bits per heavy atom. The average Bonchev–Trinajstić information content (AvgIpc) is 3.45. The highest BCUT2D eigenvalue weighted by molar-refractivity contribution is 5.92. The molecule has 2 saturated heterocycles. The van der Waals surface area contributed by atoms with E-state index in [0.717, 1.165) is 0 Å². The molecule has 5 aliphatic rings. The zero-order valence-electron chi connectivity index (χ0n) is 22.2. The van der Waals surface area contributed by atoms with E-state index in [9.17, 15) is 40.2 Å². The molecule has 3 heterocycles. The molecule has 1 saturated carbocycles. The van der Waals surface area contributed by atoms with E-state index in [-0.39, 0.29) is 12.0 Å². The first-order valence-corrected chi connectivity index (χ1v) is 13.2. The van der Waals surface area contributed by atoms with E-state index >= 15 is 0 Å². The maximum atomic E-state index is 13.4. The highest BCUT2D eigenvalue weighted by Crippen LogP contribution is 2.60. The zero-order chi connectivity index (χ0) is 29.1. The van der Waals surface area contributed by atoms with Gasteiger partial charge in [-0.15, -0.1) is 0 Å². The lowest BCUT2D eigenvalue weighted by Gasteiger charge is -2.43. The monoisotopic (exact) mass is 572 g/mol. The molecule has 14 nitrogen and oxygen atoms in total. The van der Waals surface area contributed by atoms with E-state index in [0.29, 0.717) is 5.57 Å². The molecular weight excluding hydrogens is 536 g/mol. The van der Waals surface area contributed by atoms with E-state index < -0.39 is 110 Å². The maximum Gasteiger partial charge on any atom is 0.334 e. The topological polar surface area (TPSA) is 214 Å². The summed E-state index contributed by atoms with van der Waals surface area (Å²) in [4.78, 5) is 25.8. The second-order valence-electron chi connectivity index (χ2n) is 11.1. The van der Waals surface area contributed by atoms with Crippen molar-refractivity contribution in [1.82, 2.24) is 0 Å². The summed E-state index contributed by atoms with van der Waals surface area (Å²) in [5.41, 5.74) is -0.338. The van der Waals surface area contributed by atoms with Crippen molar-refractivity contribution in [1.29, 1.82) is 0 Å². The van der Waals surface area contributed by atoms with Crippen molar-refractivity contribution >= 4 is 11.9 Å². The first kappa shape index (κ1) is 29.4. The highest BCUT2D eigenvalue weighted by Gasteiger charge is 2.75. The predicted molar refractivity (Wildman–Crippen MR) is 128 cm³/mol. The molecule has 0 bridgehead atoms. The Morgan fingerprint density at radius 2 is 1.85 bits per heavy atom. The fourth-order valence-electron chi connectivity index (χ4n) is 6.62. The molecule has 0 amide bonds. The molecular formula is C26H36O14. The number of aliphatic hydroxyl groups is 6. The van der Waals surface area contributed by atoms with E-state index in [1.54, 1.807) is 19.9 Å². The van der Waals surface area contributed by atoms with Gasteiger partial charge in [-0.25, -0.2) is 4.79 Å². The molecule has 14 atom stereocenters. The lowest BCUT2D eigenvalue weighted by atomic mass is 9.85. The number of epoxide rings is 1. The minimum absolute atomic E-state index is 0.0493. The van der Waals surface area contributed by atoms with Crippen LogP contribution in [0.1, 0.15) is 20.3 Å². The van der Waals surface area contributed by atoms with Crippen LogP contribution >= 0.6 is 0 Å². The van der Waals surface area contributed by atoms with Crippen molar-refractivity contribution in [2.75, 3.05) is 20.3 Å². The number of carbonyl (C=O) groups is 2. The van der Waals surface area contributed by atoms with Crippen molar-refractivity contribution in [3.63, 3.8) is 0 Å². The second-order valence-corrected chi connectivity index (χ2v) is 11.1. The van der Waals surface area contributed by atoms with Gasteiger partial charge in [-0.3, -0.25) is 4.79 Å². The van der Waals surface area contributed by atoms with Crippen LogP contribution in [0.2, 0.25) is 0 Å². The summed E-state index contributed by atoms with van der Waals surface area (Å²) in [6.07, 6.45) is -7.77. The number of methoxy groups -OCH3 is 1. The van der Waals surface area contributed by atoms with E-state index in [4.69, 9.17) is 28.4 Å². The first-order valence-electron chi connectivity index (χ1n) is 13.2. The maximum absolute atomic E-state index is 13.4. The summed E-state index contributed by atoms with van der Waals surface area (Å²) in [6.45, 7) is 2.10. The minimum atomic E-state index is -1.64. The van der Waals surface area contributed by atoms with Gasteiger partial charge < -0.3 is 59.1 Å². The SMILES string of the molecule is COC(=O)C1=C(C)C(O)CC1C(CO)C(=O)OC1C2C=COC(OC3OC(CO)C(O)C(O)C3O)C2C2(C)OC12. The largest absolute Gasteiger partial charge is 0.472 e. The van der Waals surface area contributed by atoms with E-state index in [1.807, 2.05) is 0 Å². The summed E-state index contributed by atoms with van der Waals surface area (Å²) in [6, 6.07) is 0. The summed E-state index contributed by atoms with van der Waals surface area (Å²) in [5.74, 6) is -4.44. The number of rotatable bonds is 8. The molecule has 14 heteroatoms. The van der Waals surface area contributed by atoms with Crippen molar-refractivity contribution < 1.29 is 68.6 Å². The van der Waals surface area contributed by atoms with Crippen LogP contribution in [0.4, 0.5) is 0 Å². The van der Waals surface area contributed by atoms with Gasteiger partial charge in [0.05, 0.1) is 44.5 Å². The van der Waals surface area contributed by atoms with Gasteiger partial charge in [-0.1, -0.05) is 0 Å². The van der Waals surface area contributed by atoms with Crippen molar-refractivity contribution in [2.24, 2.45) is 23.7 Å². The summed E-state index contributed by atoms with van der Waals surface area (Å²) in [7, 11) is 1.20. The van der Waals surface area contributed by atoms with Crippen LogP contribution in [0.3, 0.4) is 0 Å². The summed E-state index contributed by atoms with van der Waals surface area (Å²) < 4.78 is 33.6. The van der Waals surface area contributed by atoms with Crippen LogP contribution in [0.15, 0.2) is 23.5 Å². The van der Waals surface area contributed by atoms with Crippen LogP contribution in [-0.4, -0.2) is 124 Å². The molecule has 3 fully saturated rings. The highest BCUT2D eigenvalue weighted by atomic mass is 16.8. The molecule has 14 unspecified atom stereocenters. The van der Waals surface area contributed by atoms with Crippen LogP contribution in [-0.2, 0) is 38.0 Å². The average molecular weight is 573 g/mol. The Balaban J connectivity index is 1.32. The molecule has 0 aromatic carbocycles. The lowest BCUT2D eigenvalue weighted by molar-refractivity contribution is -0.344. The summed E-state index contributed by atoms with van der Waals surface area (Å²) >= 11 is 0. The molecule has 6 N–H and O–H groups in total. The molecule has 224 valence electrons. The molecule has 0 radical (unpaired) electrons. The smallest absolute Gasteiger partial charge is 0.334 e. The number of fused-ring (bicyclic) bond motifs is 3. The zero-order valence-corrected chi connectivity index (χ0v) is 22.2. The van der Waals surface area contributed by atoms with E-state index in [2.05, 4.69) is 0 Å². The minimum Gasteiger partial charge on any atom is -0.472 e. The van der Waals surface area contributed by atoms with Gasteiger partial charge in [0, 0.05) is 17.4 Å².